The van der Waals surface area contributed by atoms with Crippen LogP contribution in [-0.4, -0.2) is 0 Å². The summed E-state index contributed by atoms with van der Waals surface area (Å²) in [5.41, 5.74) is 2.74. The van der Waals surface area contributed by atoms with Crippen molar-refractivity contribution in [3.8, 4) is 0 Å². The number of hydrogen-bond donors (Lipinski definition) is 0. The smallest absolute Gasteiger partial charge is 0.0433 e. The Morgan fingerprint density at radius 2 is 1.42 bits per heavy atom. The Morgan fingerprint density at radius 3 is 2.33 bits per heavy atom. The lowest BCUT2D eigenvalue weighted by Crippen LogP contribution is -1.86. The minimum absolute atomic E-state index is 0.988. The fourth-order valence-electron chi connectivity index (χ4n) is 3.49. The van der Waals surface area contributed by atoms with Gasteiger partial charge in [-0.2, -0.15) is 0 Å². The van der Waals surface area contributed by atoms with E-state index < -0.39 is 0 Å². The molecule has 0 aliphatic heterocycles. The topological polar surface area (TPSA) is 0 Å². The summed E-state index contributed by atoms with van der Waals surface area (Å²) in [6.07, 6.45) is 0.988. The van der Waals surface area contributed by atoms with Crippen LogP contribution in [0.15, 0.2) is 84.9 Å². The van der Waals surface area contributed by atoms with E-state index in [4.69, 9.17) is 0 Å². The van der Waals surface area contributed by atoms with Crippen molar-refractivity contribution in [2.24, 2.45) is 0 Å². The molecular formula is C23H16S. The number of hydrogen-bond acceptors (Lipinski definition) is 1. The highest BCUT2D eigenvalue weighted by Crippen LogP contribution is 2.38. The van der Waals surface area contributed by atoms with E-state index in [0.29, 0.717) is 0 Å². The van der Waals surface area contributed by atoms with E-state index in [-0.39, 0.29) is 0 Å². The van der Waals surface area contributed by atoms with E-state index in [1.807, 2.05) is 11.3 Å². The average Bonchev–Trinajstić information content (AvgIpc) is 3.01. The monoisotopic (exact) mass is 324 g/mol. The second kappa shape index (κ2) is 5.47. The van der Waals surface area contributed by atoms with Gasteiger partial charge in [0.25, 0.3) is 0 Å². The third kappa shape index (κ3) is 2.21. The first-order valence-electron chi connectivity index (χ1n) is 8.25. The molecule has 0 aliphatic rings. The van der Waals surface area contributed by atoms with Gasteiger partial charge in [-0.05, 0) is 40.5 Å². The van der Waals surface area contributed by atoms with Crippen LogP contribution < -0.4 is 0 Å². The molecule has 4 aromatic carbocycles. The molecule has 0 radical (unpaired) electrons. The maximum Gasteiger partial charge on any atom is 0.0433 e. The molecule has 5 rings (SSSR count). The van der Waals surface area contributed by atoms with Crippen LogP contribution >= 0.6 is 11.3 Å². The van der Waals surface area contributed by atoms with Gasteiger partial charge in [0.2, 0.25) is 0 Å². The summed E-state index contributed by atoms with van der Waals surface area (Å²) in [6.45, 7) is 0. The van der Waals surface area contributed by atoms with E-state index in [0.717, 1.165) is 6.42 Å². The summed E-state index contributed by atoms with van der Waals surface area (Å²) >= 11 is 1.91. The third-order valence-electron chi connectivity index (χ3n) is 4.68. The van der Waals surface area contributed by atoms with Crippen LogP contribution in [0, 0.1) is 0 Å². The molecule has 0 amide bonds. The highest BCUT2D eigenvalue weighted by Gasteiger charge is 2.09. The van der Waals surface area contributed by atoms with Gasteiger partial charge in [0.05, 0.1) is 0 Å². The molecule has 0 spiro atoms. The van der Waals surface area contributed by atoms with Crippen LogP contribution in [-0.2, 0) is 6.42 Å². The Labute approximate surface area is 145 Å². The molecule has 0 aliphatic carbocycles. The predicted octanol–water partition coefficient (Wildman–Crippen LogP) is 6.80. The number of rotatable bonds is 2. The molecule has 0 bridgehead atoms. The van der Waals surface area contributed by atoms with Crippen molar-refractivity contribution < 1.29 is 0 Å². The Hall–Kier alpha value is -2.64. The van der Waals surface area contributed by atoms with Crippen LogP contribution in [0.25, 0.3) is 30.9 Å². The maximum atomic E-state index is 2.37. The van der Waals surface area contributed by atoms with E-state index in [1.165, 1.54) is 42.1 Å². The molecule has 0 atom stereocenters. The second-order valence-corrected chi connectivity index (χ2v) is 7.31. The molecule has 0 N–H and O–H groups in total. The highest BCUT2D eigenvalue weighted by molar-refractivity contribution is 7.26. The number of benzene rings is 4. The van der Waals surface area contributed by atoms with Crippen molar-refractivity contribution >= 4 is 42.3 Å². The minimum Gasteiger partial charge on any atom is -0.135 e. The van der Waals surface area contributed by atoms with Gasteiger partial charge < -0.3 is 0 Å². The minimum atomic E-state index is 0.988. The standard InChI is InChI=1S/C23H16S/c1-2-6-16(7-3-1)14-17-10-13-22-21(15-17)20-12-11-18-8-4-5-9-19(18)23(20)24-22/h1-13,15H,14H2. The van der Waals surface area contributed by atoms with Gasteiger partial charge in [-0.25, -0.2) is 0 Å². The fourth-order valence-corrected chi connectivity index (χ4v) is 4.71. The van der Waals surface area contributed by atoms with Crippen molar-refractivity contribution in [1.29, 1.82) is 0 Å². The molecule has 0 unspecified atom stereocenters. The van der Waals surface area contributed by atoms with Gasteiger partial charge in [-0.3, -0.25) is 0 Å². The first kappa shape index (κ1) is 13.8. The zero-order valence-corrected chi connectivity index (χ0v) is 14.0. The molecule has 0 saturated heterocycles. The molecule has 1 aromatic heterocycles. The number of fused-ring (bicyclic) bond motifs is 5. The lowest BCUT2D eigenvalue weighted by atomic mass is 10.0. The Morgan fingerprint density at radius 1 is 0.583 bits per heavy atom. The molecule has 5 aromatic rings. The first-order valence-corrected chi connectivity index (χ1v) is 9.07. The molecule has 1 heterocycles. The zero-order chi connectivity index (χ0) is 15.9. The van der Waals surface area contributed by atoms with Crippen LogP contribution in [0.5, 0.6) is 0 Å². The van der Waals surface area contributed by atoms with E-state index in [9.17, 15) is 0 Å². The van der Waals surface area contributed by atoms with E-state index in [1.54, 1.807) is 0 Å². The van der Waals surface area contributed by atoms with E-state index >= 15 is 0 Å². The lowest BCUT2D eigenvalue weighted by molar-refractivity contribution is 1.20. The van der Waals surface area contributed by atoms with Crippen molar-refractivity contribution in [3.63, 3.8) is 0 Å². The summed E-state index contributed by atoms with van der Waals surface area (Å²) < 4.78 is 2.78. The van der Waals surface area contributed by atoms with Crippen molar-refractivity contribution in [3.05, 3.63) is 96.1 Å². The predicted molar refractivity (Wildman–Crippen MR) is 106 cm³/mol. The summed E-state index contributed by atoms with van der Waals surface area (Å²) in [5.74, 6) is 0. The average molecular weight is 324 g/mol. The Balaban J connectivity index is 1.71. The first-order chi connectivity index (χ1) is 11.9. The van der Waals surface area contributed by atoms with Crippen LogP contribution in [0.2, 0.25) is 0 Å². The largest absolute Gasteiger partial charge is 0.135 e. The van der Waals surface area contributed by atoms with Gasteiger partial charge in [0.1, 0.15) is 0 Å². The van der Waals surface area contributed by atoms with Crippen LogP contribution in [0.1, 0.15) is 11.1 Å². The van der Waals surface area contributed by atoms with Crippen LogP contribution in [0.3, 0.4) is 0 Å². The lowest BCUT2D eigenvalue weighted by Gasteiger charge is -2.03. The van der Waals surface area contributed by atoms with E-state index in [2.05, 4.69) is 84.9 Å². The second-order valence-electron chi connectivity index (χ2n) is 6.26. The fraction of sp³-hybridized carbons (Fsp3) is 0.0435. The highest BCUT2D eigenvalue weighted by atomic mass is 32.1. The van der Waals surface area contributed by atoms with Gasteiger partial charge in [0.15, 0.2) is 0 Å². The molecule has 0 saturated carbocycles. The summed E-state index contributed by atoms with van der Waals surface area (Å²) in [4.78, 5) is 0. The molecule has 1 heteroatoms. The van der Waals surface area contributed by atoms with Gasteiger partial charge in [-0.1, -0.05) is 72.8 Å². The molecule has 0 nitrogen and oxygen atoms in total. The van der Waals surface area contributed by atoms with Crippen LogP contribution in [0.4, 0.5) is 0 Å². The summed E-state index contributed by atoms with van der Waals surface area (Å²) in [6, 6.07) is 30.8. The number of thiophene rings is 1. The zero-order valence-electron chi connectivity index (χ0n) is 13.2. The van der Waals surface area contributed by atoms with Crippen molar-refractivity contribution in [2.45, 2.75) is 6.42 Å². The van der Waals surface area contributed by atoms with Gasteiger partial charge in [-0.15, -0.1) is 11.3 Å². The Kier molecular flexibility index (Phi) is 3.14. The summed E-state index contributed by atoms with van der Waals surface area (Å²) in [7, 11) is 0. The quantitative estimate of drug-likeness (QED) is 0.335. The van der Waals surface area contributed by atoms with Gasteiger partial charge in [0, 0.05) is 20.2 Å². The maximum absolute atomic E-state index is 2.37. The van der Waals surface area contributed by atoms with Crippen molar-refractivity contribution in [2.75, 3.05) is 0 Å². The molecule has 114 valence electrons. The third-order valence-corrected chi connectivity index (χ3v) is 5.90. The Bertz CT molecular complexity index is 1170. The molecule has 24 heavy (non-hydrogen) atoms. The van der Waals surface area contributed by atoms with Crippen molar-refractivity contribution in [1.82, 2.24) is 0 Å². The van der Waals surface area contributed by atoms with Gasteiger partial charge >= 0.3 is 0 Å². The normalized spacial score (nSPS) is 11.5. The summed E-state index contributed by atoms with van der Waals surface area (Å²) in [5, 5.41) is 5.44. The molecule has 0 fully saturated rings. The SMILES string of the molecule is c1ccc(Cc2ccc3sc4c5ccccc5ccc4c3c2)cc1. The molecular weight excluding hydrogens is 308 g/mol.